The summed E-state index contributed by atoms with van der Waals surface area (Å²) in [6, 6.07) is 0.316. The van der Waals surface area contributed by atoms with Gasteiger partial charge in [-0.2, -0.15) is 4.37 Å². The molecule has 1 amide bonds. The Kier molecular flexibility index (Phi) is 6.25. The maximum atomic E-state index is 12.1. The minimum atomic E-state index is -0.120. The number of rotatable bonds is 10. The van der Waals surface area contributed by atoms with Crippen LogP contribution in [0.15, 0.2) is 0 Å². The summed E-state index contributed by atoms with van der Waals surface area (Å²) in [5, 5.41) is 6.93. The molecular formula is C14H24N4O2S. The number of hydrogen-bond acceptors (Lipinski definition) is 6. The third-order valence-electron chi connectivity index (χ3n) is 3.25. The number of aromatic nitrogens is 1. The van der Waals surface area contributed by atoms with E-state index in [2.05, 4.69) is 21.9 Å². The van der Waals surface area contributed by atoms with E-state index in [4.69, 9.17) is 10.5 Å². The van der Waals surface area contributed by atoms with Crippen molar-refractivity contribution < 1.29 is 9.53 Å². The number of amides is 1. The Bertz CT molecular complexity index is 460. The molecule has 4 N–H and O–H groups in total. The van der Waals surface area contributed by atoms with Crippen molar-refractivity contribution in [2.75, 3.05) is 30.8 Å². The molecule has 1 aromatic heterocycles. The molecule has 0 unspecified atom stereocenters. The number of carbonyl (C=O) groups is 1. The summed E-state index contributed by atoms with van der Waals surface area (Å²) in [6.07, 6.45) is 5.26. The van der Waals surface area contributed by atoms with Crippen LogP contribution >= 0.6 is 11.5 Å². The first kappa shape index (κ1) is 16.0. The number of nitrogen functional groups attached to an aromatic ring is 1. The maximum absolute atomic E-state index is 12.1. The number of nitrogens with zero attached hydrogens (tertiary/aromatic N) is 1. The minimum absolute atomic E-state index is 0.120. The number of nitrogens with two attached hydrogens (primary N) is 1. The van der Waals surface area contributed by atoms with Crippen LogP contribution in [0.5, 0.6) is 0 Å². The molecule has 1 fully saturated rings. The molecule has 21 heavy (non-hydrogen) atoms. The van der Waals surface area contributed by atoms with Crippen LogP contribution in [-0.4, -0.2) is 36.1 Å². The lowest BCUT2D eigenvalue weighted by Gasteiger charge is -2.08. The molecule has 0 saturated heterocycles. The standard InChI is InChI=1S/C14H24N4O2S/c1-2-3-8-20-9-4-7-16-14-11(12(15)18-21-14)13(19)17-10-5-6-10/h10,16H,2-9H2,1H3,(H2,15,18)(H,17,19). The lowest BCUT2D eigenvalue weighted by molar-refractivity contribution is 0.0953. The molecule has 7 heteroatoms. The van der Waals surface area contributed by atoms with Gasteiger partial charge in [0.1, 0.15) is 10.6 Å². The highest BCUT2D eigenvalue weighted by Gasteiger charge is 2.27. The molecule has 2 rings (SSSR count). The van der Waals surface area contributed by atoms with E-state index in [9.17, 15) is 4.79 Å². The minimum Gasteiger partial charge on any atom is -0.382 e. The fourth-order valence-electron chi connectivity index (χ4n) is 1.85. The van der Waals surface area contributed by atoms with E-state index in [1.54, 1.807) is 0 Å². The van der Waals surface area contributed by atoms with E-state index in [1.807, 2.05) is 0 Å². The molecule has 0 bridgehead atoms. The van der Waals surface area contributed by atoms with Gasteiger partial charge in [-0.1, -0.05) is 13.3 Å². The number of ether oxygens (including phenoxy) is 1. The molecule has 0 radical (unpaired) electrons. The molecule has 0 aliphatic heterocycles. The van der Waals surface area contributed by atoms with Crippen molar-refractivity contribution in [1.29, 1.82) is 0 Å². The van der Waals surface area contributed by atoms with Gasteiger partial charge in [0.2, 0.25) is 0 Å². The summed E-state index contributed by atoms with van der Waals surface area (Å²) >= 11 is 1.24. The van der Waals surface area contributed by atoms with Crippen molar-refractivity contribution in [3.63, 3.8) is 0 Å². The highest BCUT2D eigenvalue weighted by atomic mass is 32.1. The highest BCUT2D eigenvalue weighted by Crippen LogP contribution is 2.28. The summed E-state index contributed by atoms with van der Waals surface area (Å²) in [5.74, 6) is 0.185. The number of nitrogens with one attached hydrogen (secondary N) is 2. The van der Waals surface area contributed by atoms with Gasteiger partial charge < -0.3 is 21.1 Å². The fourth-order valence-corrected chi connectivity index (χ4v) is 2.59. The van der Waals surface area contributed by atoms with Gasteiger partial charge in [-0.15, -0.1) is 0 Å². The Hall–Kier alpha value is -1.34. The lowest BCUT2D eigenvalue weighted by atomic mass is 10.3. The first-order chi connectivity index (χ1) is 10.2. The van der Waals surface area contributed by atoms with Crippen molar-refractivity contribution in [1.82, 2.24) is 9.69 Å². The highest BCUT2D eigenvalue weighted by molar-refractivity contribution is 7.11. The topological polar surface area (TPSA) is 89.3 Å². The second-order valence-electron chi connectivity index (χ2n) is 5.27. The van der Waals surface area contributed by atoms with Crippen LogP contribution in [0.2, 0.25) is 0 Å². The molecule has 1 saturated carbocycles. The Morgan fingerprint density at radius 2 is 2.19 bits per heavy atom. The number of hydrogen-bond donors (Lipinski definition) is 3. The number of carbonyl (C=O) groups excluding carboxylic acids is 1. The summed E-state index contributed by atoms with van der Waals surface area (Å²) < 4.78 is 9.57. The van der Waals surface area contributed by atoms with E-state index in [1.165, 1.54) is 11.5 Å². The van der Waals surface area contributed by atoms with Crippen LogP contribution in [0.4, 0.5) is 10.8 Å². The SMILES string of the molecule is CCCCOCCCNc1snc(N)c1C(=O)NC1CC1. The third kappa shape index (κ3) is 5.17. The smallest absolute Gasteiger partial charge is 0.258 e. The predicted octanol–water partition coefficient (Wildman–Crippen LogP) is 2.24. The first-order valence-corrected chi connectivity index (χ1v) is 8.37. The zero-order chi connectivity index (χ0) is 15.1. The normalized spacial score (nSPS) is 14.1. The lowest BCUT2D eigenvalue weighted by Crippen LogP contribution is -2.26. The van der Waals surface area contributed by atoms with Gasteiger partial charge in [-0.3, -0.25) is 4.79 Å². The second-order valence-corrected chi connectivity index (χ2v) is 6.04. The molecular weight excluding hydrogens is 288 g/mol. The molecule has 0 atom stereocenters. The van der Waals surface area contributed by atoms with Crippen molar-refractivity contribution >= 4 is 28.3 Å². The van der Waals surface area contributed by atoms with Gasteiger partial charge in [-0.25, -0.2) is 0 Å². The maximum Gasteiger partial charge on any atom is 0.258 e. The van der Waals surface area contributed by atoms with Gasteiger partial charge >= 0.3 is 0 Å². The summed E-state index contributed by atoms with van der Waals surface area (Å²) in [5.41, 5.74) is 6.28. The van der Waals surface area contributed by atoms with Gasteiger partial charge in [0.05, 0.1) is 0 Å². The van der Waals surface area contributed by atoms with Crippen LogP contribution in [0.1, 0.15) is 49.4 Å². The van der Waals surface area contributed by atoms with Crippen molar-refractivity contribution in [3.05, 3.63) is 5.56 Å². The van der Waals surface area contributed by atoms with Gasteiger partial charge in [-0.05, 0) is 37.2 Å². The Morgan fingerprint density at radius 3 is 2.90 bits per heavy atom. The molecule has 1 aliphatic rings. The quantitative estimate of drug-likeness (QED) is 0.577. The van der Waals surface area contributed by atoms with E-state index in [-0.39, 0.29) is 5.91 Å². The molecule has 1 aliphatic carbocycles. The van der Waals surface area contributed by atoms with Gasteiger partial charge in [0.25, 0.3) is 5.91 Å². The fraction of sp³-hybridized carbons (Fsp3) is 0.714. The monoisotopic (exact) mass is 312 g/mol. The van der Waals surface area contributed by atoms with Crippen molar-refractivity contribution in [2.45, 2.75) is 45.1 Å². The zero-order valence-electron chi connectivity index (χ0n) is 12.5. The number of anilines is 2. The summed E-state index contributed by atoms with van der Waals surface area (Å²) in [4.78, 5) is 12.1. The van der Waals surface area contributed by atoms with E-state index < -0.39 is 0 Å². The Labute approximate surface area is 129 Å². The van der Waals surface area contributed by atoms with Crippen LogP contribution in [0.25, 0.3) is 0 Å². The Balaban J connectivity index is 1.73. The zero-order valence-corrected chi connectivity index (χ0v) is 13.3. The third-order valence-corrected chi connectivity index (χ3v) is 4.07. The largest absolute Gasteiger partial charge is 0.382 e. The molecule has 1 aromatic rings. The van der Waals surface area contributed by atoms with Gasteiger partial charge in [0.15, 0.2) is 5.82 Å². The van der Waals surface area contributed by atoms with Crippen LogP contribution in [0, 0.1) is 0 Å². The first-order valence-electron chi connectivity index (χ1n) is 7.60. The average molecular weight is 312 g/mol. The molecule has 0 aromatic carbocycles. The average Bonchev–Trinajstić information content (AvgIpc) is 3.19. The molecule has 0 spiro atoms. The summed E-state index contributed by atoms with van der Waals surface area (Å²) in [7, 11) is 0. The second kappa shape index (κ2) is 8.19. The van der Waals surface area contributed by atoms with E-state index in [0.717, 1.165) is 56.9 Å². The molecule has 118 valence electrons. The Morgan fingerprint density at radius 1 is 1.43 bits per heavy atom. The van der Waals surface area contributed by atoms with Crippen LogP contribution in [0.3, 0.4) is 0 Å². The van der Waals surface area contributed by atoms with Crippen LogP contribution < -0.4 is 16.4 Å². The molecule has 6 nitrogen and oxygen atoms in total. The molecule has 1 heterocycles. The summed E-state index contributed by atoms with van der Waals surface area (Å²) in [6.45, 7) is 4.44. The van der Waals surface area contributed by atoms with Gasteiger partial charge in [0, 0.05) is 25.8 Å². The van der Waals surface area contributed by atoms with E-state index >= 15 is 0 Å². The van der Waals surface area contributed by atoms with Crippen LogP contribution in [-0.2, 0) is 4.74 Å². The van der Waals surface area contributed by atoms with Crippen molar-refractivity contribution in [2.24, 2.45) is 0 Å². The predicted molar refractivity (Wildman–Crippen MR) is 85.8 cm³/mol. The number of unbranched alkanes of at least 4 members (excludes halogenated alkanes) is 1. The van der Waals surface area contributed by atoms with E-state index in [0.29, 0.717) is 17.4 Å². The van der Waals surface area contributed by atoms with Crippen molar-refractivity contribution in [3.8, 4) is 0 Å².